The molecule has 1 heterocycles. The first kappa shape index (κ1) is 13.1. The quantitative estimate of drug-likeness (QED) is 0.471. The van der Waals surface area contributed by atoms with Crippen molar-refractivity contribution in [1.82, 2.24) is 0 Å². The molecule has 7 heteroatoms. The molecule has 7 nitrogen and oxygen atoms in total. The molecule has 1 aliphatic rings. The van der Waals surface area contributed by atoms with Crippen LogP contribution in [0, 0.1) is 10.1 Å². The summed E-state index contributed by atoms with van der Waals surface area (Å²) in [5.74, 6) is -1.02. The number of hydrogen-bond donors (Lipinski definition) is 0. The summed E-state index contributed by atoms with van der Waals surface area (Å²) in [7, 11) is 0. The number of esters is 1. The van der Waals surface area contributed by atoms with Crippen LogP contribution in [0.4, 0.5) is 5.69 Å². The molecule has 0 amide bonds. The summed E-state index contributed by atoms with van der Waals surface area (Å²) in [6, 6.07) is 4.04. The Morgan fingerprint density at radius 3 is 2.74 bits per heavy atom. The molecular weight excluding hydrogens is 254 g/mol. The summed E-state index contributed by atoms with van der Waals surface area (Å²) < 4.78 is 15.8. The Labute approximate surface area is 109 Å². The van der Waals surface area contributed by atoms with Crippen LogP contribution in [0.15, 0.2) is 18.2 Å². The van der Waals surface area contributed by atoms with Crippen molar-refractivity contribution < 1.29 is 23.9 Å². The van der Waals surface area contributed by atoms with Crippen molar-refractivity contribution in [3.8, 4) is 11.5 Å². The second-order valence-electron chi connectivity index (χ2n) is 4.21. The lowest BCUT2D eigenvalue weighted by molar-refractivity contribution is -0.384. The third kappa shape index (κ3) is 2.75. The summed E-state index contributed by atoms with van der Waals surface area (Å²) in [5.41, 5.74) is -0.0947. The zero-order valence-electron chi connectivity index (χ0n) is 10.5. The van der Waals surface area contributed by atoms with Crippen molar-refractivity contribution in [3.05, 3.63) is 28.3 Å². The van der Waals surface area contributed by atoms with Gasteiger partial charge in [0.15, 0.2) is 11.5 Å². The van der Waals surface area contributed by atoms with Crippen molar-refractivity contribution in [1.29, 1.82) is 0 Å². The maximum Gasteiger partial charge on any atom is 0.313 e. The normalized spacial score (nSPS) is 20.1. The van der Waals surface area contributed by atoms with Gasteiger partial charge in [0.2, 0.25) is 0 Å². The van der Waals surface area contributed by atoms with Crippen molar-refractivity contribution in [2.24, 2.45) is 0 Å². The Morgan fingerprint density at radius 1 is 1.42 bits per heavy atom. The molecule has 0 unspecified atom stereocenters. The molecule has 0 bridgehead atoms. The van der Waals surface area contributed by atoms with E-state index in [1.54, 1.807) is 13.8 Å². The third-order valence-corrected chi connectivity index (χ3v) is 2.56. The zero-order chi connectivity index (χ0) is 14.0. The summed E-state index contributed by atoms with van der Waals surface area (Å²) >= 11 is 0. The van der Waals surface area contributed by atoms with Crippen LogP contribution in [0.5, 0.6) is 11.5 Å². The number of non-ortho nitro benzene ring substituents is 1. The van der Waals surface area contributed by atoms with Gasteiger partial charge in [0.1, 0.15) is 6.42 Å². The van der Waals surface area contributed by atoms with Gasteiger partial charge in [-0.1, -0.05) is 0 Å². The van der Waals surface area contributed by atoms with Gasteiger partial charge >= 0.3 is 5.97 Å². The SMILES string of the molecule is CCOC(=O)C[C@@]1(C)Oc2ccc([N+](=O)[O-])cc2O1. The maximum absolute atomic E-state index is 11.4. The zero-order valence-corrected chi connectivity index (χ0v) is 10.5. The highest BCUT2D eigenvalue weighted by Crippen LogP contribution is 2.42. The first-order valence-corrected chi connectivity index (χ1v) is 5.75. The lowest BCUT2D eigenvalue weighted by Gasteiger charge is -2.21. The highest BCUT2D eigenvalue weighted by molar-refractivity contribution is 5.71. The molecule has 0 fully saturated rings. The van der Waals surface area contributed by atoms with Gasteiger partial charge in [-0.15, -0.1) is 0 Å². The van der Waals surface area contributed by atoms with Crippen molar-refractivity contribution in [3.63, 3.8) is 0 Å². The van der Waals surface area contributed by atoms with E-state index >= 15 is 0 Å². The summed E-state index contributed by atoms with van der Waals surface area (Å²) in [4.78, 5) is 21.6. The van der Waals surface area contributed by atoms with Gasteiger partial charge in [0, 0.05) is 13.0 Å². The summed E-state index contributed by atoms with van der Waals surface area (Å²) in [6.45, 7) is 3.55. The molecule has 1 aromatic carbocycles. The van der Waals surface area contributed by atoms with E-state index in [4.69, 9.17) is 14.2 Å². The molecule has 102 valence electrons. The van der Waals surface area contributed by atoms with Gasteiger partial charge < -0.3 is 14.2 Å². The lowest BCUT2D eigenvalue weighted by Crippen LogP contribution is -2.37. The molecule has 19 heavy (non-hydrogen) atoms. The molecule has 1 atom stereocenters. The van der Waals surface area contributed by atoms with Gasteiger partial charge in [-0.05, 0) is 13.0 Å². The Bertz CT molecular complexity index is 529. The Balaban J connectivity index is 2.14. The lowest BCUT2D eigenvalue weighted by atomic mass is 10.2. The van der Waals surface area contributed by atoms with Crippen LogP contribution in [0.3, 0.4) is 0 Å². The monoisotopic (exact) mass is 267 g/mol. The van der Waals surface area contributed by atoms with Crippen LogP contribution in [-0.2, 0) is 9.53 Å². The topological polar surface area (TPSA) is 87.9 Å². The molecule has 0 saturated carbocycles. The summed E-state index contributed by atoms with van der Waals surface area (Å²) in [5, 5.41) is 10.7. The van der Waals surface area contributed by atoms with E-state index in [9.17, 15) is 14.9 Å². The van der Waals surface area contributed by atoms with E-state index in [0.717, 1.165) is 0 Å². The number of nitro groups is 1. The van der Waals surface area contributed by atoms with E-state index in [1.807, 2.05) is 0 Å². The van der Waals surface area contributed by atoms with Crippen molar-refractivity contribution >= 4 is 11.7 Å². The molecule has 1 aliphatic heterocycles. The van der Waals surface area contributed by atoms with Crippen LogP contribution in [-0.4, -0.2) is 23.3 Å². The minimum absolute atomic E-state index is 0.0939. The number of fused-ring (bicyclic) bond motifs is 1. The highest BCUT2D eigenvalue weighted by Gasteiger charge is 2.40. The summed E-state index contributed by atoms with van der Waals surface area (Å²) in [6.07, 6.45) is -0.0939. The first-order chi connectivity index (χ1) is 8.93. The number of benzene rings is 1. The average Bonchev–Trinajstić information content (AvgIpc) is 2.63. The number of carbonyl (C=O) groups is 1. The fourth-order valence-electron chi connectivity index (χ4n) is 1.81. The molecule has 0 aliphatic carbocycles. The Kier molecular flexibility index (Phi) is 3.28. The van der Waals surface area contributed by atoms with E-state index in [2.05, 4.69) is 0 Å². The van der Waals surface area contributed by atoms with Crippen LogP contribution in [0.1, 0.15) is 20.3 Å². The molecule has 0 N–H and O–H groups in total. The minimum atomic E-state index is -1.19. The second-order valence-corrected chi connectivity index (χ2v) is 4.21. The largest absolute Gasteiger partial charge is 0.466 e. The van der Waals surface area contributed by atoms with Crippen LogP contribution in [0.25, 0.3) is 0 Å². The number of hydrogen-bond acceptors (Lipinski definition) is 6. The minimum Gasteiger partial charge on any atom is -0.466 e. The van der Waals surface area contributed by atoms with Crippen molar-refractivity contribution in [2.45, 2.75) is 26.1 Å². The van der Waals surface area contributed by atoms with Gasteiger partial charge in [0.25, 0.3) is 11.5 Å². The number of ether oxygens (including phenoxy) is 3. The molecule has 0 spiro atoms. The van der Waals surface area contributed by atoms with Crippen molar-refractivity contribution in [2.75, 3.05) is 6.61 Å². The van der Waals surface area contributed by atoms with Crippen LogP contribution in [0.2, 0.25) is 0 Å². The van der Waals surface area contributed by atoms with E-state index in [0.29, 0.717) is 5.75 Å². The molecule has 1 aromatic rings. The average molecular weight is 267 g/mol. The Morgan fingerprint density at radius 2 is 2.11 bits per heavy atom. The van der Waals surface area contributed by atoms with E-state index in [-0.39, 0.29) is 24.5 Å². The number of nitrogens with zero attached hydrogens (tertiary/aromatic N) is 1. The first-order valence-electron chi connectivity index (χ1n) is 5.75. The Hall–Kier alpha value is -2.31. The predicted octanol–water partition coefficient (Wildman–Crippen LogP) is 2.04. The fraction of sp³-hybridized carbons (Fsp3) is 0.417. The maximum atomic E-state index is 11.4. The molecule has 0 radical (unpaired) electrons. The predicted molar refractivity (Wildman–Crippen MR) is 64.0 cm³/mol. The smallest absolute Gasteiger partial charge is 0.313 e. The van der Waals surface area contributed by atoms with Gasteiger partial charge in [-0.2, -0.15) is 0 Å². The van der Waals surface area contributed by atoms with Crippen LogP contribution < -0.4 is 9.47 Å². The van der Waals surface area contributed by atoms with Crippen LogP contribution >= 0.6 is 0 Å². The molecule has 0 saturated heterocycles. The third-order valence-electron chi connectivity index (χ3n) is 2.56. The number of carbonyl (C=O) groups excluding carboxylic acids is 1. The van der Waals surface area contributed by atoms with E-state index < -0.39 is 16.7 Å². The van der Waals surface area contributed by atoms with Gasteiger partial charge in [-0.3, -0.25) is 14.9 Å². The number of rotatable bonds is 4. The molecule has 2 rings (SSSR count). The highest BCUT2D eigenvalue weighted by atomic mass is 16.7. The fourth-order valence-corrected chi connectivity index (χ4v) is 1.81. The number of nitro benzene ring substituents is 1. The van der Waals surface area contributed by atoms with E-state index in [1.165, 1.54) is 18.2 Å². The standard InChI is InChI=1S/C12H13NO6/c1-3-17-11(14)7-12(2)18-9-5-4-8(13(15)16)6-10(9)19-12/h4-6H,3,7H2,1-2H3/t12-/m0/s1. The molecular formula is C12H13NO6. The second kappa shape index (κ2) is 4.75. The van der Waals surface area contributed by atoms with Gasteiger partial charge in [-0.25, -0.2) is 0 Å². The van der Waals surface area contributed by atoms with Gasteiger partial charge in [0.05, 0.1) is 17.6 Å². The molecule has 0 aromatic heterocycles.